The molecular weight excluding hydrogens is 1060 g/mol. The Balaban J connectivity index is 3.94. The van der Waals surface area contributed by atoms with E-state index in [9.17, 15) is 19.0 Å². The first kappa shape index (κ1) is 82.8. The van der Waals surface area contributed by atoms with Crippen LogP contribution < -0.4 is 0 Å². The Kier molecular flexibility index (Phi) is 65.2. The number of hydrogen-bond donors (Lipinski definition) is 1. The van der Waals surface area contributed by atoms with Crippen molar-refractivity contribution in [1.29, 1.82) is 0 Å². The average Bonchev–Trinajstić information content (AvgIpc) is 3.61. The summed E-state index contributed by atoms with van der Waals surface area (Å²) in [6, 6.07) is 0. The maximum absolute atomic E-state index is 12.9. The predicted molar refractivity (Wildman–Crippen MR) is 363 cm³/mol. The van der Waals surface area contributed by atoms with Crippen molar-refractivity contribution in [3.8, 4) is 0 Å². The van der Waals surface area contributed by atoms with Crippen molar-refractivity contribution in [2.45, 2.75) is 405 Å². The molecule has 0 aliphatic carbocycles. The molecule has 84 heavy (non-hydrogen) atoms. The Labute approximate surface area is 524 Å². The molecule has 0 radical (unpaired) electrons. The third kappa shape index (κ3) is 69.8. The highest BCUT2D eigenvalue weighted by atomic mass is 31.2. The lowest BCUT2D eigenvalue weighted by Crippen LogP contribution is -2.37. The van der Waals surface area contributed by atoms with Gasteiger partial charge in [-0.15, -0.1) is 0 Å². The largest absolute Gasteiger partial charge is 0.472 e. The van der Waals surface area contributed by atoms with Gasteiger partial charge in [-0.25, -0.2) is 4.57 Å². The highest BCUT2D eigenvalue weighted by molar-refractivity contribution is 7.47. The minimum Gasteiger partial charge on any atom is -0.462 e. The molecule has 0 saturated carbocycles. The first-order valence-electron chi connectivity index (χ1n) is 37.4. The molecule has 1 N–H and O–H groups in total. The first-order chi connectivity index (χ1) is 41.0. The smallest absolute Gasteiger partial charge is 0.462 e. The standard InChI is InChI=1S/C74H146NO8P/c1-6-8-10-12-14-16-18-20-22-24-26-28-30-32-34-36-37-39-41-43-45-47-49-51-53-55-57-59-61-63-65-67-74(77)83-72(71-82-84(78,79)81-69-68-75(3,4)5)70-80-73(76)66-64-62-60-58-56-54-52-50-48-46-44-42-40-38-35-33-31-29-27-25-23-21-19-17-15-13-11-9-7-2/h24,26,72H,6-23,25,27-71H2,1-5H3/p+1/b26-24-. The van der Waals surface area contributed by atoms with Crippen LogP contribution in [0.4, 0.5) is 0 Å². The van der Waals surface area contributed by atoms with Crippen molar-refractivity contribution in [3.63, 3.8) is 0 Å². The number of quaternary nitrogens is 1. The van der Waals surface area contributed by atoms with E-state index in [0.29, 0.717) is 17.4 Å². The molecule has 0 amide bonds. The summed E-state index contributed by atoms with van der Waals surface area (Å²) in [7, 11) is 1.51. The van der Waals surface area contributed by atoms with E-state index < -0.39 is 26.5 Å². The Morgan fingerprint density at radius 3 is 0.881 bits per heavy atom. The topological polar surface area (TPSA) is 108 Å². The van der Waals surface area contributed by atoms with Gasteiger partial charge in [0.15, 0.2) is 6.10 Å². The normalized spacial score (nSPS) is 13.1. The number of nitrogens with zero attached hydrogens (tertiary/aromatic N) is 1. The fourth-order valence-electron chi connectivity index (χ4n) is 11.5. The molecule has 0 aromatic rings. The molecule has 0 aliphatic rings. The van der Waals surface area contributed by atoms with E-state index in [2.05, 4.69) is 26.0 Å². The fourth-order valence-corrected chi connectivity index (χ4v) is 12.3. The number of esters is 2. The third-order valence-corrected chi connectivity index (χ3v) is 18.3. The summed E-state index contributed by atoms with van der Waals surface area (Å²) in [5.74, 6) is -0.769. The second kappa shape index (κ2) is 66.2. The first-order valence-corrected chi connectivity index (χ1v) is 38.9. The zero-order chi connectivity index (χ0) is 61.2. The molecule has 10 heteroatoms. The summed E-state index contributed by atoms with van der Waals surface area (Å²) in [6.07, 6.45) is 82.0. The van der Waals surface area contributed by atoms with Gasteiger partial charge in [-0.3, -0.25) is 18.6 Å². The molecule has 0 aliphatic heterocycles. The fraction of sp³-hybridized carbons (Fsp3) is 0.946. The van der Waals surface area contributed by atoms with E-state index in [4.69, 9.17) is 18.5 Å². The zero-order valence-electron chi connectivity index (χ0n) is 57.2. The molecule has 0 fully saturated rings. The van der Waals surface area contributed by atoms with Gasteiger partial charge < -0.3 is 18.9 Å². The summed E-state index contributed by atoms with van der Waals surface area (Å²) in [5.41, 5.74) is 0. The van der Waals surface area contributed by atoms with Crippen LogP contribution in [0.1, 0.15) is 399 Å². The van der Waals surface area contributed by atoms with Crippen molar-refractivity contribution in [2.24, 2.45) is 0 Å². The van der Waals surface area contributed by atoms with E-state index >= 15 is 0 Å². The van der Waals surface area contributed by atoms with Gasteiger partial charge in [0.25, 0.3) is 0 Å². The van der Waals surface area contributed by atoms with Gasteiger partial charge in [0.2, 0.25) is 0 Å². The van der Waals surface area contributed by atoms with E-state index in [-0.39, 0.29) is 25.6 Å². The van der Waals surface area contributed by atoms with Crippen LogP contribution in [0.5, 0.6) is 0 Å². The number of rotatable bonds is 71. The highest BCUT2D eigenvalue weighted by Gasteiger charge is 2.27. The van der Waals surface area contributed by atoms with Crippen molar-refractivity contribution in [2.75, 3.05) is 47.5 Å². The molecule has 9 nitrogen and oxygen atoms in total. The Morgan fingerprint density at radius 1 is 0.357 bits per heavy atom. The minimum atomic E-state index is -4.39. The summed E-state index contributed by atoms with van der Waals surface area (Å²) in [4.78, 5) is 35.9. The lowest BCUT2D eigenvalue weighted by atomic mass is 10.0. The molecule has 0 aromatic heterocycles. The number of carbonyl (C=O) groups excluding carboxylic acids is 2. The van der Waals surface area contributed by atoms with Crippen LogP contribution in [0.15, 0.2) is 12.2 Å². The van der Waals surface area contributed by atoms with Crippen LogP contribution in [0.3, 0.4) is 0 Å². The van der Waals surface area contributed by atoms with E-state index in [1.807, 2.05) is 21.1 Å². The monoisotopic (exact) mass is 1210 g/mol. The molecule has 0 spiro atoms. The zero-order valence-corrected chi connectivity index (χ0v) is 58.1. The lowest BCUT2D eigenvalue weighted by Gasteiger charge is -2.24. The second-order valence-electron chi connectivity index (χ2n) is 27.0. The van der Waals surface area contributed by atoms with Gasteiger partial charge in [0.1, 0.15) is 19.8 Å². The molecular formula is C74H147NO8P+. The second-order valence-corrected chi connectivity index (χ2v) is 28.5. The van der Waals surface area contributed by atoms with Gasteiger partial charge in [0, 0.05) is 12.8 Å². The van der Waals surface area contributed by atoms with Crippen LogP contribution in [0, 0.1) is 0 Å². The Hall–Kier alpha value is -1.25. The van der Waals surface area contributed by atoms with Crippen LogP contribution in [-0.4, -0.2) is 74.9 Å². The Bertz CT molecular complexity index is 1420. The SMILES string of the molecule is CCCCCCCCCC/C=C\CCCCCCCCCCCCCCCCCCCCCC(=O)OC(COC(=O)CCCCCCCCCCCCCCCCCCCCCCCCCCCCCCC)COP(=O)(O)OCC[N+](C)(C)C. The highest BCUT2D eigenvalue weighted by Crippen LogP contribution is 2.43. The number of phosphoric acid groups is 1. The molecule has 2 unspecified atom stereocenters. The van der Waals surface area contributed by atoms with Crippen molar-refractivity contribution in [3.05, 3.63) is 12.2 Å². The lowest BCUT2D eigenvalue weighted by molar-refractivity contribution is -0.870. The number of carbonyl (C=O) groups is 2. The molecule has 0 saturated heterocycles. The summed E-state index contributed by atoms with van der Waals surface area (Å²) in [5, 5.41) is 0. The number of phosphoric ester groups is 1. The quantitative estimate of drug-likeness (QED) is 0.0211. The third-order valence-electron chi connectivity index (χ3n) is 17.3. The molecule has 0 heterocycles. The van der Waals surface area contributed by atoms with Crippen LogP contribution in [-0.2, 0) is 32.7 Å². The summed E-state index contributed by atoms with van der Waals surface area (Å²) >= 11 is 0. The molecule has 2 atom stereocenters. The maximum atomic E-state index is 12.9. The van der Waals surface area contributed by atoms with Crippen molar-refractivity contribution < 1.29 is 42.1 Å². The van der Waals surface area contributed by atoms with E-state index in [1.165, 1.54) is 334 Å². The minimum absolute atomic E-state index is 0.0367. The van der Waals surface area contributed by atoms with Crippen LogP contribution in [0.25, 0.3) is 0 Å². The summed E-state index contributed by atoms with van der Waals surface area (Å²) < 4.78 is 34.8. The number of unbranched alkanes of at least 4 members (excludes halogenated alkanes) is 55. The van der Waals surface area contributed by atoms with E-state index in [1.54, 1.807) is 0 Å². The predicted octanol–water partition coefficient (Wildman–Crippen LogP) is 24.3. The number of ether oxygens (including phenoxy) is 2. The van der Waals surface area contributed by atoms with Crippen LogP contribution >= 0.6 is 7.82 Å². The number of hydrogen-bond acceptors (Lipinski definition) is 7. The number of allylic oxidation sites excluding steroid dienone is 2. The van der Waals surface area contributed by atoms with Gasteiger partial charge in [-0.05, 0) is 38.5 Å². The van der Waals surface area contributed by atoms with E-state index in [0.717, 1.165) is 38.5 Å². The van der Waals surface area contributed by atoms with Crippen molar-refractivity contribution in [1.82, 2.24) is 0 Å². The van der Waals surface area contributed by atoms with Gasteiger partial charge >= 0.3 is 19.8 Å². The molecule has 0 bridgehead atoms. The molecule has 0 rings (SSSR count). The van der Waals surface area contributed by atoms with Crippen molar-refractivity contribution >= 4 is 19.8 Å². The van der Waals surface area contributed by atoms with Gasteiger partial charge in [-0.2, -0.15) is 0 Å². The number of likely N-dealkylation sites (N-methyl/N-ethyl adjacent to an activating group) is 1. The van der Waals surface area contributed by atoms with Gasteiger partial charge in [0.05, 0.1) is 27.7 Å². The van der Waals surface area contributed by atoms with Gasteiger partial charge in [-0.1, -0.05) is 360 Å². The molecule has 500 valence electrons. The molecule has 0 aromatic carbocycles. The van der Waals surface area contributed by atoms with Crippen LogP contribution in [0.2, 0.25) is 0 Å². The Morgan fingerprint density at radius 2 is 0.607 bits per heavy atom. The summed E-state index contributed by atoms with van der Waals surface area (Å²) in [6.45, 7) is 4.53. The maximum Gasteiger partial charge on any atom is 0.472 e. The average molecular weight is 1210 g/mol.